The monoisotopic (exact) mass is 276 g/mol. The molecule has 1 aromatic rings. The third-order valence-corrected chi connectivity index (χ3v) is 4.88. The molecular formula is C16H28N4. The lowest BCUT2D eigenvalue weighted by Gasteiger charge is -2.30. The fraction of sp³-hybridized carbons (Fsp3) is 0.812. The summed E-state index contributed by atoms with van der Waals surface area (Å²) in [5.41, 5.74) is 1.17. The summed E-state index contributed by atoms with van der Waals surface area (Å²) in [6.07, 6.45) is 11.7. The third kappa shape index (κ3) is 2.71. The number of anilines is 1. The lowest BCUT2D eigenvalue weighted by Crippen LogP contribution is -2.38. The van der Waals surface area contributed by atoms with Gasteiger partial charge in [-0.1, -0.05) is 19.3 Å². The summed E-state index contributed by atoms with van der Waals surface area (Å²) in [6, 6.07) is 1.29. The zero-order valence-corrected chi connectivity index (χ0v) is 12.9. The van der Waals surface area contributed by atoms with Crippen LogP contribution in [0.15, 0.2) is 6.20 Å². The fourth-order valence-electron chi connectivity index (χ4n) is 3.89. The molecule has 20 heavy (non-hydrogen) atoms. The second-order valence-electron chi connectivity index (χ2n) is 6.43. The van der Waals surface area contributed by atoms with Crippen LogP contribution in [0, 0.1) is 6.92 Å². The van der Waals surface area contributed by atoms with Crippen LogP contribution < -0.4 is 10.2 Å². The molecule has 0 bridgehead atoms. The second kappa shape index (κ2) is 6.17. The van der Waals surface area contributed by atoms with Gasteiger partial charge >= 0.3 is 0 Å². The maximum atomic E-state index is 4.86. The number of likely N-dealkylation sites (N-methyl/N-ethyl adjacent to an activating group) is 1. The molecule has 0 aromatic carbocycles. The van der Waals surface area contributed by atoms with E-state index >= 15 is 0 Å². The van der Waals surface area contributed by atoms with Gasteiger partial charge < -0.3 is 14.8 Å². The van der Waals surface area contributed by atoms with Gasteiger partial charge in [0.1, 0.15) is 0 Å². The van der Waals surface area contributed by atoms with Crippen LogP contribution in [-0.4, -0.2) is 35.7 Å². The fourth-order valence-corrected chi connectivity index (χ4v) is 3.89. The van der Waals surface area contributed by atoms with E-state index in [-0.39, 0.29) is 0 Å². The second-order valence-corrected chi connectivity index (χ2v) is 6.43. The van der Waals surface area contributed by atoms with Crippen molar-refractivity contribution in [2.24, 2.45) is 0 Å². The van der Waals surface area contributed by atoms with E-state index in [0.29, 0.717) is 12.1 Å². The van der Waals surface area contributed by atoms with Crippen molar-refractivity contribution in [2.45, 2.75) is 64.0 Å². The van der Waals surface area contributed by atoms with Gasteiger partial charge in [-0.25, -0.2) is 4.98 Å². The largest absolute Gasteiger partial charge is 0.338 e. The molecule has 1 saturated heterocycles. The quantitative estimate of drug-likeness (QED) is 0.918. The summed E-state index contributed by atoms with van der Waals surface area (Å²) in [4.78, 5) is 7.40. The average molecular weight is 276 g/mol. The number of hydrogen-bond donors (Lipinski definition) is 1. The lowest BCUT2D eigenvalue weighted by molar-refractivity contribution is 0.352. The number of aryl methyl sites for hydroxylation is 1. The van der Waals surface area contributed by atoms with Crippen LogP contribution >= 0.6 is 0 Å². The Morgan fingerprint density at radius 3 is 2.75 bits per heavy atom. The van der Waals surface area contributed by atoms with Gasteiger partial charge in [-0.05, 0) is 39.7 Å². The average Bonchev–Trinajstić information content (AvgIpc) is 3.06. The highest BCUT2D eigenvalue weighted by molar-refractivity contribution is 5.37. The minimum absolute atomic E-state index is 0.615. The predicted molar refractivity (Wildman–Crippen MR) is 83.4 cm³/mol. The molecule has 1 saturated carbocycles. The standard InChI is InChI=1S/C16H28N4/c1-13-12-20(14-7-4-3-5-8-14)16(18-13)19-10-6-9-15(19)11-17-2/h12,14-15,17H,3-11H2,1-2H3. The van der Waals surface area contributed by atoms with Crippen molar-refractivity contribution in [3.63, 3.8) is 0 Å². The van der Waals surface area contributed by atoms with Crippen LogP contribution in [0.25, 0.3) is 0 Å². The van der Waals surface area contributed by atoms with Crippen LogP contribution in [0.1, 0.15) is 56.7 Å². The molecule has 0 radical (unpaired) electrons. The highest BCUT2D eigenvalue weighted by Crippen LogP contribution is 2.34. The minimum atomic E-state index is 0.615. The van der Waals surface area contributed by atoms with Crippen LogP contribution in [0.3, 0.4) is 0 Å². The topological polar surface area (TPSA) is 33.1 Å². The summed E-state index contributed by atoms with van der Waals surface area (Å²) >= 11 is 0. The van der Waals surface area contributed by atoms with Crippen molar-refractivity contribution in [3.8, 4) is 0 Å². The zero-order valence-electron chi connectivity index (χ0n) is 12.9. The molecule has 1 aromatic heterocycles. The summed E-state index contributed by atoms with van der Waals surface area (Å²) in [6.45, 7) is 4.36. The van der Waals surface area contributed by atoms with Gasteiger partial charge in [0.15, 0.2) is 0 Å². The van der Waals surface area contributed by atoms with Gasteiger partial charge in [-0.15, -0.1) is 0 Å². The summed E-state index contributed by atoms with van der Waals surface area (Å²) in [5, 5.41) is 3.34. The first kappa shape index (κ1) is 13.9. The van der Waals surface area contributed by atoms with E-state index in [0.717, 1.165) is 13.1 Å². The Labute approximate surface area is 122 Å². The first-order chi connectivity index (χ1) is 9.79. The summed E-state index contributed by atoms with van der Waals surface area (Å²) < 4.78 is 2.49. The molecule has 1 N–H and O–H groups in total. The molecule has 2 fully saturated rings. The van der Waals surface area contributed by atoms with E-state index in [2.05, 4.69) is 35.0 Å². The van der Waals surface area contributed by atoms with Crippen molar-refractivity contribution in [1.82, 2.24) is 14.9 Å². The Kier molecular flexibility index (Phi) is 4.29. The molecule has 1 unspecified atom stereocenters. The van der Waals surface area contributed by atoms with Crippen molar-refractivity contribution in [3.05, 3.63) is 11.9 Å². The molecule has 2 aliphatic rings. The van der Waals surface area contributed by atoms with E-state index in [1.54, 1.807) is 0 Å². The van der Waals surface area contributed by atoms with Gasteiger partial charge in [-0.3, -0.25) is 0 Å². The number of aromatic nitrogens is 2. The molecular weight excluding hydrogens is 248 g/mol. The smallest absolute Gasteiger partial charge is 0.206 e. The van der Waals surface area contributed by atoms with Crippen LogP contribution in [-0.2, 0) is 0 Å². The first-order valence-electron chi connectivity index (χ1n) is 8.26. The summed E-state index contributed by atoms with van der Waals surface area (Å²) in [5.74, 6) is 1.23. The molecule has 0 spiro atoms. The van der Waals surface area contributed by atoms with Crippen LogP contribution in [0.2, 0.25) is 0 Å². The molecule has 112 valence electrons. The Morgan fingerprint density at radius 1 is 1.20 bits per heavy atom. The number of imidazole rings is 1. The lowest BCUT2D eigenvalue weighted by atomic mass is 9.95. The van der Waals surface area contributed by atoms with Crippen molar-refractivity contribution in [2.75, 3.05) is 25.0 Å². The molecule has 1 aliphatic heterocycles. The van der Waals surface area contributed by atoms with Gasteiger partial charge in [-0.2, -0.15) is 0 Å². The number of rotatable bonds is 4. The van der Waals surface area contributed by atoms with Crippen LogP contribution in [0.5, 0.6) is 0 Å². The van der Waals surface area contributed by atoms with E-state index < -0.39 is 0 Å². The highest BCUT2D eigenvalue weighted by atomic mass is 15.3. The number of hydrogen-bond acceptors (Lipinski definition) is 3. The predicted octanol–water partition coefficient (Wildman–Crippen LogP) is 2.88. The Morgan fingerprint density at radius 2 is 2.00 bits per heavy atom. The maximum Gasteiger partial charge on any atom is 0.206 e. The van der Waals surface area contributed by atoms with Gasteiger partial charge in [0.25, 0.3) is 0 Å². The van der Waals surface area contributed by atoms with E-state index in [4.69, 9.17) is 4.98 Å². The number of nitrogens with zero attached hydrogens (tertiary/aromatic N) is 3. The Bertz CT molecular complexity index is 434. The zero-order chi connectivity index (χ0) is 13.9. The van der Waals surface area contributed by atoms with Crippen molar-refractivity contribution in [1.29, 1.82) is 0 Å². The Balaban J connectivity index is 1.84. The highest BCUT2D eigenvalue weighted by Gasteiger charge is 2.29. The molecule has 1 aliphatic carbocycles. The molecule has 3 rings (SSSR count). The first-order valence-corrected chi connectivity index (χ1v) is 8.26. The van der Waals surface area contributed by atoms with Gasteiger partial charge in [0, 0.05) is 31.4 Å². The number of nitrogens with one attached hydrogen (secondary N) is 1. The molecule has 4 nitrogen and oxygen atoms in total. The van der Waals surface area contributed by atoms with E-state index in [9.17, 15) is 0 Å². The minimum Gasteiger partial charge on any atom is -0.338 e. The van der Waals surface area contributed by atoms with Gasteiger partial charge in [0.2, 0.25) is 5.95 Å². The Hall–Kier alpha value is -1.03. The molecule has 4 heteroatoms. The molecule has 1 atom stereocenters. The van der Waals surface area contributed by atoms with Crippen LogP contribution in [0.4, 0.5) is 5.95 Å². The molecule has 0 amide bonds. The normalized spacial score (nSPS) is 24.5. The summed E-state index contributed by atoms with van der Waals surface area (Å²) in [7, 11) is 2.05. The van der Waals surface area contributed by atoms with E-state index in [1.807, 2.05) is 0 Å². The molecule has 2 heterocycles. The van der Waals surface area contributed by atoms with E-state index in [1.165, 1.54) is 56.6 Å². The SMILES string of the molecule is CNCC1CCCN1c1nc(C)cn1C1CCCCC1. The van der Waals surface area contributed by atoms with Crippen molar-refractivity contribution < 1.29 is 0 Å². The van der Waals surface area contributed by atoms with Gasteiger partial charge in [0.05, 0.1) is 5.69 Å². The van der Waals surface area contributed by atoms with Crippen molar-refractivity contribution >= 4 is 5.95 Å². The third-order valence-electron chi connectivity index (χ3n) is 4.88. The maximum absolute atomic E-state index is 4.86.